The summed E-state index contributed by atoms with van der Waals surface area (Å²) in [6, 6.07) is 9.12. The third kappa shape index (κ3) is 2.79. The smallest absolute Gasteiger partial charge is 0.138 e. The molecule has 0 radical (unpaired) electrons. The molecule has 1 aliphatic carbocycles. The Hall–Kier alpha value is -1.87. The van der Waals surface area contributed by atoms with E-state index in [1.165, 1.54) is 23.1 Å². The van der Waals surface area contributed by atoms with E-state index >= 15 is 0 Å². The third-order valence-electron chi connectivity index (χ3n) is 4.02. The Morgan fingerprint density at radius 2 is 2.14 bits per heavy atom. The molecule has 1 heterocycles. The van der Waals surface area contributed by atoms with Gasteiger partial charge in [-0.05, 0) is 56.5 Å². The molecule has 0 amide bonds. The highest BCUT2D eigenvalue weighted by Gasteiger charge is 2.23. The van der Waals surface area contributed by atoms with Crippen LogP contribution in [0.2, 0.25) is 0 Å². The van der Waals surface area contributed by atoms with Crippen LogP contribution in [0.5, 0.6) is 5.75 Å². The zero-order valence-electron chi connectivity index (χ0n) is 12.9. The maximum Gasteiger partial charge on any atom is 0.138 e. The summed E-state index contributed by atoms with van der Waals surface area (Å²) in [5.74, 6) is 0.836. The number of ether oxygens (including phenoxy) is 1. The lowest BCUT2D eigenvalue weighted by atomic mass is 9.97. The lowest BCUT2D eigenvalue weighted by Crippen LogP contribution is -2.12. The Morgan fingerprint density at radius 3 is 2.90 bits per heavy atom. The minimum atomic E-state index is 0.164. The van der Waals surface area contributed by atoms with Crippen LogP contribution in [0.4, 0.5) is 0 Å². The molecule has 2 aromatic rings. The van der Waals surface area contributed by atoms with Gasteiger partial charge < -0.3 is 10.1 Å². The van der Waals surface area contributed by atoms with Crippen molar-refractivity contribution >= 4 is 0 Å². The van der Waals surface area contributed by atoms with Crippen molar-refractivity contribution in [3.8, 4) is 16.9 Å². The number of fused-ring (bicyclic) bond motifs is 1. The zero-order chi connectivity index (χ0) is 14.8. The van der Waals surface area contributed by atoms with Gasteiger partial charge in [0.15, 0.2) is 0 Å². The van der Waals surface area contributed by atoms with Gasteiger partial charge in [-0.2, -0.15) is 0 Å². The molecule has 1 aromatic heterocycles. The summed E-state index contributed by atoms with van der Waals surface area (Å²) in [5, 5.41) is 3.40. The van der Waals surface area contributed by atoms with Crippen molar-refractivity contribution in [3.63, 3.8) is 0 Å². The van der Waals surface area contributed by atoms with Crippen LogP contribution in [-0.2, 0) is 6.42 Å². The molecule has 3 nitrogen and oxygen atoms in total. The average Bonchev–Trinajstić information content (AvgIpc) is 2.89. The standard InChI is InChI=1S/C18H22N2O/c1-12(2)21-14-9-13(10-20-11-14)15-5-4-6-17-16(15)7-8-18(17)19-3/h4-6,9-12,18-19H,7-8H2,1-3H3. The van der Waals surface area contributed by atoms with E-state index in [2.05, 4.69) is 34.6 Å². The molecule has 3 rings (SSSR count). The summed E-state index contributed by atoms with van der Waals surface area (Å²) in [5.41, 5.74) is 5.29. The van der Waals surface area contributed by atoms with Crippen LogP contribution in [0.15, 0.2) is 36.7 Å². The van der Waals surface area contributed by atoms with E-state index in [4.69, 9.17) is 4.74 Å². The highest BCUT2D eigenvalue weighted by Crippen LogP contribution is 2.37. The van der Waals surface area contributed by atoms with Crippen LogP contribution < -0.4 is 10.1 Å². The van der Waals surface area contributed by atoms with Crippen LogP contribution in [0.3, 0.4) is 0 Å². The lowest BCUT2D eigenvalue weighted by molar-refractivity contribution is 0.241. The number of rotatable bonds is 4. The Labute approximate surface area is 126 Å². The normalized spacial score (nSPS) is 17.0. The van der Waals surface area contributed by atoms with Crippen molar-refractivity contribution in [1.82, 2.24) is 10.3 Å². The Balaban J connectivity index is 2.00. The number of benzene rings is 1. The van der Waals surface area contributed by atoms with Gasteiger partial charge in [-0.1, -0.05) is 18.2 Å². The van der Waals surface area contributed by atoms with Gasteiger partial charge in [-0.3, -0.25) is 4.98 Å². The molecule has 1 atom stereocenters. The molecule has 21 heavy (non-hydrogen) atoms. The highest BCUT2D eigenvalue weighted by atomic mass is 16.5. The van der Waals surface area contributed by atoms with Crippen molar-refractivity contribution in [1.29, 1.82) is 0 Å². The molecule has 3 heteroatoms. The van der Waals surface area contributed by atoms with Crippen LogP contribution in [-0.4, -0.2) is 18.1 Å². The van der Waals surface area contributed by atoms with E-state index in [0.717, 1.165) is 17.7 Å². The van der Waals surface area contributed by atoms with E-state index in [1.54, 1.807) is 6.20 Å². The van der Waals surface area contributed by atoms with Gasteiger partial charge in [0, 0.05) is 17.8 Å². The topological polar surface area (TPSA) is 34.2 Å². The maximum absolute atomic E-state index is 5.76. The van der Waals surface area contributed by atoms with Crippen LogP contribution in [0.25, 0.3) is 11.1 Å². The molecule has 0 spiro atoms. The zero-order valence-corrected chi connectivity index (χ0v) is 12.9. The van der Waals surface area contributed by atoms with Crippen molar-refractivity contribution in [2.24, 2.45) is 0 Å². The quantitative estimate of drug-likeness (QED) is 0.927. The molecule has 0 saturated carbocycles. The van der Waals surface area contributed by atoms with Crippen LogP contribution in [0.1, 0.15) is 37.4 Å². The predicted molar refractivity (Wildman–Crippen MR) is 85.6 cm³/mol. The highest BCUT2D eigenvalue weighted by molar-refractivity contribution is 5.70. The lowest BCUT2D eigenvalue weighted by Gasteiger charge is -2.14. The fourth-order valence-electron chi connectivity index (χ4n) is 3.13. The molecule has 1 unspecified atom stereocenters. The predicted octanol–water partition coefficient (Wildman–Crippen LogP) is 3.74. The second-order valence-corrected chi connectivity index (χ2v) is 5.83. The van der Waals surface area contributed by atoms with Crippen molar-refractivity contribution in [3.05, 3.63) is 47.8 Å². The minimum Gasteiger partial charge on any atom is -0.489 e. The number of nitrogens with zero attached hydrogens (tertiary/aromatic N) is 1. The van der Waals surface area contributed by atoms with E-state index in [1.807, 2.05) is 27.1 Å². The first kappa shape index (κ1) is 14.1. The number of aromatic nitrogens is 1. The van der Waals surface area contributed by atoms with Gasteiger partial charge in [0.1, 0.15) is 5.75 Å². The minimum absolute atomic E-state index is 0.164. The van der Waals surface area contributed by atoms with Gasteiger partial charge in [0.05, 0.1) is 12.3 Å². The molecule has 0 aliphatic heterocycles. The van der Waals surface area contributed by atoms with Crippen molar-refractivity contribution in [2.75, 3.05) is 7.05 Å². The molecule has 1 N–H and O–H groups in total. The molecule has 0 saturated heterocycles. The molecule has 0 bridgehead atoms. The maximum atomic E-state index is 5.76. The number of hydrogen-bond acceptors (Lipinski definition) is 3. The third-order valence-corrected chi connectivity index (χ3v) is 4.02. The van der Waals surface area contributed by atoms with E-state index < -0.39 is 0 Å². The first-order valence-corrected chi connectivity index (χ1v) is 7.60. The van der Waals surface area contributed by atoms with Gasteiger partial charge in [-0.15, -0.1) is 0 Å². The number of nitrogens with one attached hydrogen (secondary N) is 1. The first-order valence-electron chi connectivity index (χ1n) is 7.60. The Morgan fingerprint density at radius 1 is 1.29 bits per heavy atom. The monoisotopic (exact) mass is 282 g/mol. The van der Waals surface area contributed by atoms with Gasteiger partial charge in [-0.25, -0.2) is 0 Å². The summed E-state index contributed by atoms with van der Waals surface area (Å²) < 4.78 is 5.76. The van der Waals surface area contributed by atoms with Crippen molar-refractivity contribution in [2.45, 2.75) is 38.8 Å². The first-order chi connectivity index (χ1) is 10.2. The average molecular weight is 282 g/mol. The second kappa shape index (κ2) is 5.86. The molecule has 1 aliphatic rings. The number of hydrogen-bond donors (Lipinski definition) is 1. The fraction of sp³-hybridized carbons (Fsp3) is 0.389. The van der Waals surface area contributed by atoms with E-state index in [0.29, 0.717) is 6.04 Å². The Kier molecular flexibility index (Phi) is 3.93. The molecule has 0 fully saturated rings. The summed E-state index contributed by atoms with van der Waals surface area (Å²) in [4.78, 5) is 4.34. The molecular weight excluding hydrogens is 260 g/mol. The Bertz CT molecular complexity index is 637. The van der Waals surface area contributed by atoms with Gasteiger partial charge >= 0.3 is 0 Å². The molecule has 1 aromatic carbocycles. The second-order valence-electron chi connectivity index (χ2n) is 5.83. The fourth-order valence-corrected chi connectivity index (χ4v) is 3.13. The number of pyridine rings is 1. The van der Waals surface area contributed by atoms with E-state index in [-0.39, 0.29) is 6.10 Å². The summed E-state index contributed by atoms with van der Waals surface area (Å²) in [7, 11) is 2.03. The summed E-state index contributed by atoms with van der Waals surface area (Å²) >= 11 is 0. The molecular formula is C18H22N2O. The molecule has 110 valence electrons. The van der Waals surface area contributed by atoms with E-state index in [9.17, 15) is 0 Å². The van der Waals surface area contributed by atoms with Crippen LogP contribution in [0, 0.1) is 0 Å². The van der Waals surface area contributed by atoms with Gasteiger partial charge in [0.2, 0.25) is 0 Å². The summed E-state index contributed by atoms with van der Waals surface area (Å²) in [6.07, 6.45) is 6.15. The van der Waals surface area contributed by atoms with Crippen LogP contribution >= 0.6 is 0 Å². The largest absolute Gasteiger partial charge is 0.489 e. The van der Waals surface area contributed by atoms with Gasteiger partial charge in [0.25, 0.3) is 0 Å². The van der Waals surface area contributed by atoms with Crippen molar-refractivity contribution < 1.29 is 4.74 Å². The summed E-state index contributed by atoms with van der Waals surface area (Å²) in [6.45, 7) is 4.06. The SMILES string of the molecule is CNC1CCc2c(-c3cncc(OC(C)C)c3)cccc21.